The van der Waals surface area contributed by atoms with Gasteiger partial charge in [0.15, 0.2) is 0 Å². The first-order chi connectivity index (χ1) is 6.91. The van der Waals surface area contributed by atoms with Crippen molar-refractivity contribution in [1.82, 2.24) is 10.2 Å². The zero-order chi connectivity index (χ0) is 9.43. The average Bonchev–Trinajstić information content (AvgIpc) is 2.68. The van der Waals surface area contributed by atoms with E-state index in [2.05, 4.69) is 10.2 Å². The molecule has 1 spiro atoms. The summed E-state index contributed by atoms with van der Waals surface area (Å²) in [7, 11) is 0. The molecule has 3 aliphatic rings. The van der Waals surface area contributed by atoms with Gasteiger partial charge in [-0.1, -0.05) is 19.3 Å². The minimum atomic E-state index is 0.587. The van der Waals surface area contributed by atoms with Gasteiger partial charge in [-0.2, -0.15) is 0 Å². The zero-order valence-corrected chi connectivity index (χ0v) is 9.10. The van der Waals surface area contributed by atoms with Crippen molar-refractivity contribution in [2.75, 3.05) is 19.6 Å². The molecular weight excluding hydrogens is 172 g/mol. The highest BCUT2D eigenvalue weighted by atomic mass is 15.3. The largest absolute Gasteiger partial charge is 0.313 e. The van der Waals surface area contributed by atoms with Crippen LogP contribution in [0.15, 0.2) is 0 Å². The highest BCUT2D eigenvalue weighted by Crippen LogP contribution is 2.40. The van der Waals surface area contributed by atoms with E-state index in [4.69, 9.17) is 0 Å². The number of fused-ring (bicyclic) bond motifs is 2. The van der Waals surface area contributed by atoms with Crippen molar-refractivity contribution in [3.05, 3.63) is 0 Å². The summed E-state index contributed by atoms with van der Waals surface area (Å²) in [6.45, 7) is 3.90. The zero-order valence-electron chi connectivity index (χ0n) is 9.10. The molecule has 2 saturated heterocycles. The molecule has 3 rings (SSSR count). The van der Waals surface area contributed by atoms with Gasteiger partial charge >= 0.3 is 0 Å². The second-order valence-electron chi connectivity index (χ2n) is 5.41. The van der Waals surface area contributed by atoms with Crippen LogP contribution in [0.4, 0.5) is 0 Å². The monoisotopic (exact) mass is 194 g/mol. The lowest BCUT2D eigenvalue weighted by atomic mass is 9.86. The summed E-state index contributed by atoms with van der Waals surface area (Å²) in [5, 5.41) is 3.68. The van der Waals surface area contributed by atoms with Gasteiger partial charge in [-0.25, -0.2) is 0 Å². The molecular formula is C12H22N2. The Labute approximate surface area is 87.0 Å². The fourth-order valence-electron chi connectivity index (χ4n) is 3.91. The van der Waals surface area contributed by atoms with Crippen molar-refractivity contribution in [2.24, 2.45) is 0 Å². The van der Waals surface area contributed by atoms with Crippen LogP contribution in [0.25, 0.3) is 0 Å². The summed E-state index contributed by atoms with van der Waals surface area (Å²) in [6, 6.07) is 0.871. The minimum absolute atomic E-state index is 0.587. The Morgan fingerprint density at radius 3 is 2.79 bits per heavy atom. The van der Waals surface area contributed by atoms with E-state index in [0.29, 0.717) is 5.54 Å². The fourth-order valence-corrected chi connectivity index (χ4v) is 3.91. The average molecular weight is 194 g/mol. The molecule has 2 aliphatic heterocycles. The molecule has 3 fully saturated rings. The van der Waals surface area contributed by atoms with Gasteiger partial charge in [-0.15, -0.1) is 0 Å². The summed E-state index contributed by atoms with van der Waals surface area (Å²) in [5.74, 6) is 0. The summed E-state index contributed by atoms with van der Waals surface area (Å²) in [5.41, 5.74) is 0.587. The van der Waals surface area contributed by atoms with Crippen molar-refractivity contribution >= 4 is 0 Å². The Morgan fingerprint density at radius 1 is 1.07 bits per heavy atom. The maximum Gasteiger partial charge on any atom is 0.0337 e. The number of hydrogen-bond acceptors (Lipinski definition) is 2. The van der Waals surface area contributed by atoms with Crippen molar-refractivity contribution < 1.29 is 0 Å². The normalized spacial score (nSPS) is 37.3. The molecule has 1 saturated carbocycles. The molecule has 0 aromatic rings. The standard InChI is InChI=1S/C12H22N2/c1-4-8-14-11(5-1)9-13-10-12(14)6-2-3-7-12/h11,13H,1-10H2. The molecule has 2 heterocycles. The van der Waals surface area contributed by atoms with E-state index in [1.807, 2.05) is 0 Å². The number of hydrogen-bond donors (Lipinski definition) is 1. The van der Waals surface area contributed by atoms with Crippen LogP contribution in [0.2, 0.25) is 0 Å². The Kier molecular flexibility index (Phi) is 2.29. The lowest BCUT2D eigenvalue weighted by molar-refractivity contribution is -0.00591. The van der Waals surface area contributed by atoms with Crippen LogP contribution in [0, 0.1) is 0 Å². The fraction of sp³-hybridized carbons (Fsp3) is 1.00. The molecule has 0 bridgehead atoms. The number of nitrogens with zero attached hydrogens (tertiary/aromatic N) is 1. The first-order valence-electron chi connectivity index (χ1n) is 6.38. The molecule has 1 unspecified atom stereocenters. The molecule has 0 radical (unpaired) electrons. The predicted octanol–water partition coefficient (Wildman–Crippen LogP) is 1.76. The molecule has 14 heavy (non-hydrogen) atoms. The second-order valence-corrected chi connectivity index (χ2v) is 5.41. The maximum absolute atomic E-state index is 3.68. The van der Waals surface area contributed by atoms with Gasteiger partial charge in [0.25, 0.3) is 0 Å². The van der Waals surface area contributed by atoms with Crippen LogP contribution >= 0.6 is 0 Å². The first kappa shape index (κ1) is 9.17. The Morgan fingerprint density at radius 2 is 1.93 bits per heavy atom. The van der Waals surface area contributed by atoms with Gasteiger partial charge in [0, 0.05) is 24.7 Å². The SMILES string of the molecule is C1CCN2C(C1)CNCC21CCCC1. The number of rotatable bonds is 0. The molecule has 0 aromatic heterocycles. The van der Waals surface area contributed by atoms with E-state index >= 15 is 0 Å². The molecule has 2 nitrogen and oxygen atoms in total. The van der Waals surface area contributed by atoms with Crippen LogP contribution in [0.5, 0.6) is 0 Å². The molecule has 0 amide bonds. The number of piperidine rings is 1. The Hall–Kier alpha value is -0.0800. The van der Waals surface area contributed by atoms with Crippen LogP contribution < -0.4 is 5.32 Å². The van der Waals surface area contributed by atoms with Crippen LogP contribution in [-0.2, 0) is 0 Å². The lowest BCUT2D eigenvalue weighted by Gasteiger charge is -2.52. The number of piperazine rings is 1. The van der Waals surface area contributed by atoms with E-state index in [1.165, 1.54) is 64.6 Å². The van der Waals surface area contributed by atoms with Gasteiger partial charge in [-0.05, 0) is 32.2 Å². The van der Waals surface area contributed by atoms with Gasteiger partial charge in [0.1, 0.15) is 0 Å². The molecule has 1 N–H and O–H groups in total. The third kappa shape index (κ3) is 1.31. The van der Waals surface area contributed by atoms with E-state index in [9.17, 15) is 0 Å². The molecule has 1 atom stereocenters. The third-order valence-electron chi connectivity index (χ3n) is 4.60. The highest BCUT2D eigenvalue weighted by Gasteiger charge is 2.45. The Balaban J connectivity index is 1.82. The van der Waals surface area contributed by atoms with Gasteiger partial charge in [-0.3, -0.25) is 4.90 Å². The maximum atomic E-state index is 3.68. The highest BCUT2D eigenvalue weighted by molar-refractivity contribution is 5.03. The summed E-state index contributed by atoms with van der Waals surface area (Å²) >= 11 is 0. The van der Waals surface area contributed by atoms with Crippen LogP contribution in [0.3, 0.4) is 0 Å². The van der Waals surface area contributed by atoms with E-state index in [1.54, 1.807) is 0 Å². The van der Waals surface area contributed by atoms with Crippen LogP contribution in [-0.4, -0.2) is 36.1 Å². The van der Waals surface area contributed by atoms with Crippen molar-refractivity contribution in [3.8, 4) is 0 Å². The lowest BCUT2D eigenvalue weighted by Crippen LogP contribution is -2.65. The molecule has 1 aliphatic carbocycles. The van der Waals surface area contributed by atoms with Crippen molar-refractivity contribution in [2.45, 2.75) is 56.5 Å². The smallest absolute Gasteiger partial charge is 0.0337 e. The van der Waals surface area contributed by atoms with E-state index in [-0.39, 0.29) is 0 Å². The molecule has 2 heteroatoms. The Bertz CT molecular complexity index is 206. The summed E-state index contributed by atoms with van der Waals surface area (Å²) in [4.78, 5) is 2.88. The minimum Gasteiger partial charge on any atom is -0.313 e. The third-order valence-corrected chi connectivity index (χ3v) is 4.60. The van der Waals surface area contributed by atoms with E-state index < -0.39 is 0 Å². The van der Waals surface area contributed by atoms with Crippen molar-refractivity contribution in [1.29, 1.82) is 0 Å². The predicted molar refractivity (Wildman–Crippen MR) is 58.4 cm³/mol. The molecule has 0 aromatic carbocycles. The summed E-state index contributed by atoms with van der Waals surface area (Å²) in [6.07, 6.45) is 10.2. The quantitative estimate of drug-likeness (QED) is 0.632. The second kappa shape index (κ2) is 3.49. The number of nitrogens with one attached hydrogen (secondary N) is 1. The molecule has 80 valence electrons. The van der Waals surface area contributed by atoms with Gasteiger partial charge < -0.3 is 5.32 Å². The van der Waals surface area contributed by atoms with Gasteiger partial charge in [0.05, 0.1) is 0 Å². The van der Waals surface area contributed by atoms with Crippen molar-refractivity contribution in [3.63, 3.8) is 0 Å². The van der Waals surface area contributed by atoms with E-state index in [0.717, 1.165) is 6.04 Å². The van der Waals surface area contributed by atoms with Gasteiger partial charge in [0.2, 0.25) is 0 Å². The topological polar surface area (TPSA) is 15.3 Å². The summed E-state index contributed by atoms with van der Waals surface area (Å²) < 4.78 is 0. The first-order valence-corrected chi connectivity index (χ1v) is 6.38. The van der Waals surface area contributed by atoms with Crippen LogP contribution in [0.1, 0.15) is 44.9 Å².